The minimum Gasteiger partial charge on any atom is -0.509 e. The number of hydrogen-bond acceptors (Lipinski definition) is 4. The van der Waals surface area contributed by atoms with Crippen molar-refractivity contribution in [2.75, 3.05) is 6.61 Å². The van der Waals surface area contributed by atoms with Crippen LogP contribution in [0, 0.1) is 0 Å². The monoisotopic (exact) mass is 134 g/mol. The fourth-order valence-electron chi connectivity index (χ4n) is 0.328. The molecule has 0 aromatic carbocycles. The van der Waals surface area contributed by atoms with Crippen molar-refractivity contribution in [2.24, 2.45) is 0 Å². The molecular formula is C5H10O4. The number of hydrogen-bond donors (Lipinski definition) is 4. The number of allylic oxidation sites excluding steroid dienone is 1. The first kappa shape index (κ1) is 8.26. The van der Waals surface area contributed by atoms with Gasteiger partial charge in [0.1, 0.15) is 11.9 Å². The van der Waals surface area contributed by atoms with Gasteiger partial charge in [0, 0.05) is 0 Å². The molecule has 0 spiro atoms. The first-order chi connectivity index (χ1) is 4.09. The van der Waals surface area contributed by atoms with Crippen molar-refractivity contribution >= 4 is 0 Å². The summed E-state index contributed by atoms with van der Waals surface area (Å²) in [6, 6.07) is 0. The van der Waals surface area contributed by atoms with Crippen LogP contribution >= 0.6 is 0 Å². The third kappa shape index (κ3) is 2.34. The van der Waals surface area contributed by atoms with Crippen molar-refractivity contribution < 1.29 is 20.4 Å². The van der Waals surface area contributed by atoms with E-state index in [0.29, 0.717) is 0 Å². The molecule has 4 N–H and O–H groups in total. The van der Waals surface area contributed by atoms with Gasteiger partial charge >= 0.3 is 0 Å². The molecule has 0 aliphatic rings. The first-order valence-electron chi connectivity index (χ1n) is 2.47. The van der Waals surface area contributed by atoms with Gasteiger partial charge in [-0.05, 0) is 6.92 Å². The summed E-state index contributed by atoms with van der Waals surface area (Å²) in [4.78, 5) is 0. The summed E-state index contributed by atoms with van der Waals surface area (Å²) in [7, 11) is 0. The smallest absolute Gasteiger partial charge is 0.160 e. The van der Waals surface area contributed by atoms with Crippen molar-refractivity contribution in [3.63, 3.8) is 0 Å². The molecule has 0 rings (SSSR count). The molecule has 1 unspecified atom stereocenters. The second kappa shape index (κ2) is 3.32. The fourth-order valence-corrected chi connectivity index (χ4v) is 0.328. The molecule has 0 bridgehead atoms. The van der Waals surface area contributed by atoms with Crippen molar-refractivity contribution in [2.45, 2.75) is 13.0 Å². The number of aliphatic hydroxyl groups is 4. The van der Waals surface area contributed by atoms with E-state index in [1.807, 2.05) is 0 Å². The Kier molecular flexibility index (Phi) is 3.05. The van der Waals surface area contributed by atoms with Gasteiger partial charge in [0.2, 0.25) is 0 Å². The molecule has 0 aliphatic heterocycles. The Hall–Kier alpha value is -0.740. The van der Waals surface area contributed by atoms with E-state index in [1.54, 1.807) is 0 Å². The molecule has 0 heterocycles. The highest BCUT2D eigenvalue weighted by atomic mass is 16.4. The average Bonchev–Trinajstić information content (AvgIpc) is 1.84. The highest BCUT2D eigenvalue weighted by molar-refractivity contribution is 5.00. The minimum absolute atomic E-state index is 0.378. The lowest BCUT2D eigenvalue weighted by molar-refractivity contribution is 0.0796. The summed E-state index contributed by atoms with van der Waals surface area (Å²) in [6.45, 7) is 0.623. The Balaban J connectivity index is 4.02. The molecule has 0 saturated heterocycles. The van der Waals surface area contributed by atoms with Gasteiger partial charge in [-0.3, -0.25) is 0 Å². The van der Waals surface area contributed by atoms with Gasteiger partial charge < -0.3 is 20.4 Å². The molecule has 0 aromatic heterocycles. The largest absolute Gasteiger partial charge is 0.509 e. The Bertz CT molecular complexity index is 114. The summed E-state index contributed by atoms with van der Waals surface area (Å²) in [5.74, 6) is -0.964. The van der Waals surface area contributed by atoms with Crippen LogP contribution in [0.15, 0.2) is 11.5 Å². The van der Waals surface area contributed by atoms with Crippen molar-refractivity contribution in [1.29, 1.82) is 0 Å². The second-order valence-electron chi connectivity index (χ2n) is 1.67. The highest BCUT2D eigenvalue weighted by Crippen LogP contribution is 2.00. The average molecular weight is 134 g/mol. The van der Waals surface area contributed by atoms with Gasteiger partial charge in [-0.2, -0.15) is 0 Å². The van der Waals surface area contributed by atoms with Crippen LogP contribution < -0.4 is 0 Å². The lowest BCUT2D eigenvalue weighted by Gasteiger charge is -2.05. The van der Waals surface area contributed by atoms with Crippen LogP contribution in [-0.4, -0.2) is 33.1 Å². The lowest BCUT2D eigenvalue weighted by atomic mass is 10.3. The Labute approximate surface area is 52.7 Å². The summed E-state index contributed by atoms with van der Waals surface area (Å²) < 4.78 is 0. The van der Waals surface area contributed by atoms with Crippen LogP contribution in [0.2, 0.25) is 0 Å². The molecule has 54 valence electrons. The van der Waals surface area contributed by atoms with E-state index < -0.39 is 18.5 Å². The summed E-state index contributed by atoms with van der Waals surface area (Å²) in [5.41, 5.74) is 0. The molecule has 0 aromatic rings. The molecule has 0 radical (unpaired) electrons. The lowest BCUT2D eigenvalue weighted by Crippen LogP contribution is -2.16. The molecule has 1 atom stereocenters. The Morgan fingerprint density at radius 1 is 1.44 bits per heavy atom. The van der Waals surface area contributed by atoms with Crippen LogP contribution in [0.3, 0.4) is 0 Å². The zero-order valence-electron chi connectivity index (χ0n) is 5.07. The third-order valence-electron chi connectivity index (χ3n) is 0.859. The van der Waals surface area contributed by atoms with Crippen molar-refractivity contribution in [1.82, 2.24) is 0 Å². The van der Waals surface area contributed by atoms with Gasteiger partial charge in [0.05, 0.1) is 6.61 Å². The fraction of sp³-hybridized carbons (Fsp3) is 0.600. The highest BCUT2D eigenvalue weighted by Gasteiger charge is 2.09. The van der Waals surface area contributed by atoms with Gasteiger partial charge in [0.25, 0.3) is 0 Å². The summed E-state index contributed by atoms with van der Waals surface area (Å²) in [5, 5.41) is 33.9. The van der Waals surface area contributed by atoms with E-state index in [9.17, 15) is 0 Å². The predicted octanol–water partition coefficient (Wildman–Crippen LogP) is -0.313. The van der Waals surface area contributed by atoms with Gasteiger partial charge in [-0.15, -0.1) is 0 Å². The quantitative estimate of drug-likeness (QED) is 0.390. The molecule has 4 heteroatoms. The standard InChI is InChI=1S/C5H10O4/c1-3(7)5(9)4(8)2-6/h4,6-9H,2H2,1H3. The minimum atomic E-state index is -1.37. The van der Waals surface area contributed by atoms with E-state index in [4.69, 9.17) is 20.4 Å². The van der Waals surface area contributed by atoms with Crippen molar-refractivity contribution in [3.05, 3.63) is 11.5 Å². The van der Waals surface area contributed by atoms with E-state index in [-0.39, 0.29) is 5.76 Å². The molecule has 9 heavy (non-hydrogen) atoms. The third-order valence-corrected chi connectivity index (χ3v) is 0.859. The number of rotatable bonds is 2. The van der Waals surface area contributed by atoms with E-state index in [1.165, 1.54) is 6.92 Å². The molecule has 4 nitrogen and oxygen atoms in total. The van der Waals surface area contributed by atoms with Crippen LogP contribution in [0.25, 0.3) is 0 Å². The van der Waals surface area contributed by atoms with Crippen LogP contribution in [0.5, 0.6) is 0 Å². The maximum absolute atomic E-state index is 8.61. The molecule has 0 saturated carbocycles. The molecular weight excluding hydrogens is 124 g/mol. The summed E-state index contributed by atoms with van der Waals surface area (Å²) >= 11 is 0. The number of aliphatic hydroxyl groups excluding tert-OH is 4. The van der Waals surface area contributed by atoms with Crippen LogP contribution in [0.1, 0.15) is 6.92 Å². The van der Waals surface area contributed by atoms with E-state index in [2.05, 4.69) is 0 Å². The van der Waals surface area contributed by atoms with Gasteiger partial charge in [-0.1, -0.05) is 0 Å². The Morgan fingerprint density at radius 3 is 2.00 bits per heavy atom. The van der Waals surface area contributed by atoms with Crippen LogP contribution in [0.4, 0.5) is 0 Å². The predicted molar refractivity (Wildman–Crippen MR) is 31.1 cm³/mol. The normalized spacial score (nSPS) is 16.8. The molecule has 0 fully saturated rings. The van der Waals surface area contributed by atoms with Crippen LogP contribution in [-0.2, 0) is 0 Å². The molecule has 0 aliphatic carbocycles. The maximum atomic E-state index is 8.61. The SMILES string of the molecule is CC(O)=C(O)C(O)CO. The second-order valence-corrected chi connectivity index (χ2v) is 1.67. The van der Waals surface area contributed by atoms with Crippen molar-refractivity contribution in [3.8, 4) is 0 Å². The van der Waals surface area contributed by atoms with E-state index in [0.717, 1.165) is 0 Å². The maximum Gasteiger partial charge on any atom is 0.160 e. The zero-order valence-corrected chi connectivity index (χ0v) is 5.07. The van der Waals surface area contributed by atoms with Gasteiger partial charge in [0.15, 0.2) is 5.76 Å². The van der Waals surface area contributed by atoms with E-state index >= 15 is 0 Å². The topological polar surface area (TPSA) is 80.9 Å². The zero-order chi connectivity index (χ0) is 7.44. The first-order valence-corrected chi connectivity index (χ1v) is 2.47. The molecule has 0 amide bonds. The van der Waals surface area contributed by atoms with Gasteiger partial charge in [-0.25, -0.2) is 0 Å². The Morgan fingerprint density at radius 2 is 1.89 bits per heavy atom. The summed E-state index contributed by atoms with van der Waals surface area (Å²) in [6.07, 6.45) is -1.37.